The fourth-order valence-corrected chi connectivity index (χ4v) is 1.89. The maximum atomic E-state index is 13.3. The Morgan fingerprint density at radius 3 is 2.60 bits per heavy atom. The lowest BCUT2D eigenvalue weighted by Crippen LogP contribution is -2.57. The van der Waals surface area contributed by atoms with Gasteiger partial charge in [0.2, 0.25) is 0 Å². The molecular formula is C10H19F2NO2. The number of hydrogen-bond donors (Lipinski definition) is 2. The van der Waals surface area contributed by atoms with Crippen LogP contribution in [0.25, 0.3) is 0 Å². The zero-order valence-electron chi connectivity index (χ0n) is 8.99. The molecule has 0 aromatic heterocycles. The Morgan fingerprint density at radius 2 is 2.07 bits per heavy atom. The van der Waals surface area contributed by atoms with Crippen molar-refractivity contribution < 1.29 is 19.0 Å². The van der Waals surface area contributed by atoms with Crippen LogP contribution in [0.15, 0.2) is 0 Å². The van der Waals surface area contributed by atoms with E-state index in [9.17, 15) is 13.9 Å². The molecule has 1 saturated heterocycles. The molecule has 90 valence electrons. The predicted octanol–water partition coefficient (Wildman–Crippen LogP) is 0.707. The van der Waals surface area contributed by atoms with E-state index in [1.807, 2.05) is 6.92 Å². The summed E-state index contributed by atoms with van der Waals surface area (Å²) >= 11 is 0. The van der Waals surface area contributed by atoms with E-state index in [0.717, 1.165) is 12.8 Å². The second-order valence-corrected chi connectivity index (χ2v) is 4.18. The number of β-amino-alcohol motifs (C(OH)–C–C–N with tert-alkyl or cyclic N) is 1. The number of unbranched alkanes of at least 4 members (excludes halogenated alkanes) is 1. The van der Waals surface area contributed by atoms with Gasteiger partial charge in [-0.2, -0.15) is 0 Å². The molecule has 1 heterocycles. The molecule has 1 fully saturated rings. The molecule has 0 radical (unpaired) electrons. The molecule has 0 bridgehead atoms. The van der Waals surface area contributed by atoms with Gasteiger partial charge in [-0.3, -0.25) is 4.90 Å². The van der Waals surface area contributed by atoms with Crippen molar-refractivity contribution in [2.75, 3.05) is 26.2 Å². The molecule has 2 atom stereocenters. The van der Waals surface area contributed by atoms with E-state index in [0.29, 0.717) is 6.54 Å². The minimum absolute atomic E-state index is 0.00347. The summed E-state index contributed by atoms with van der Waals surface area (Å²) < 4.78 is 26.6. The molecule has 2 N–H and O–H groups in total. The first kappa shape index (κ1) is 12.8. The molecule has 5 heteroatoms. The van der Waals surface area contributed by atoms with Crippen LogP contribution in [0.3, 0.4) is 0 Å². The van der Waals surface area contributed by atoms with Gasteiger partial charge in [0, 0.05) is 13.1 Å². The SMILES string of the molecule is CCCCN1C[C@@H](CO)C(F)(F)[C@H](O)C1. The molecule has 1 rings (SSSR count). The molecule has 0 aromatic carbocycles. The summed E-state index contributed by atoms with van der Waals surface area (Å²) in [6, 6.07) is 0. The van der Waals surface area contributed by atoms with Gasteiger partial charge in [-0.15, -0.1) is 0 Å². The lowest BCUT2D eigenvalue weighted by molar-refractivity contribution is -0.192. The molecular weight excluding hydrogens is 204 g/mol. The molecule has 15 heavy (non-hydrogen) atoms. The van der Waals surface area contributed by atoms with Crippen LogP contribution >= 0.6 is 0 Å². The molecule has 0 aliphatic carbocycles. The Balaban J connectivity index is 2.56. The van der Waals surface area contributed by atoms with E-state index >= 15 is 0 Å². The zero-order chi connectivity index (χ0) is 11.5. The van der Waals surface area contributed by atoms with Crippen LogP contribution in [0.5, 0.6) is 0 Å². The number of aliphatic hydroxyl groups excluding tert-OH is 2. The monoisotopic (exact) mass is 223 g/mol. The van der Waals surface area contributed by atoms with Gasteiger partial charge in [0.15, 0.2) is 0 Å². The maximum absolute atomic E-state index is 13.3. The van der Waals surface area contributed by atoms with Crippen LogP contribution in [0.2, 0.25) is 0 Å². The first-order chi connectivity index (χ1) is 7.02. The van der Waals surface area contributed by atoms with Gasteiger partial charge in [0.1, 0.15) is 6.10 Å². The lowest BCUT2D eigenvalue weighted by Gasteiger charge is -2.40. The van der Waals surface area contributed by atoms with Gasteiger partial charge in [0.25, 0.3) is 5.92 Å². The summed E-state index contributed by atoms with van der Waals surface area (Å²) in [5, 5.41) is 18.2. The summed E-state index contributed by atoms with van der Waals surface area (Å²) in [4.78, 5) is 1.80. The fourth-order valence-electron chi connectivity index (χ4n) is 1.89. The number of piperidine rings is 1. The summed E-state index contributed by atoms with van der Waals surface area (Å²) in [7, 11) is 0. The summed E-state index contributed by atoms with van der Waals surface area (Å²) in [6.45, 7) is 2.33. The maximum Gasteiger partial charge on any atom is 0.280 e. The normalized spacial score (nSPS) is 31.8. The average Bonchev–Trinajstić information content (AvgIpc) is 2.19. The van der Waals surface area contributed by atoms with Crippen LogP contribution in [-0.2, 0) is 0 Å². The van der Waals surface area contributed by atoms with Crippen LogP contribution in [0.4, 0.5) is 8.78 Å². The number of hydrogen-bond acceptors (Lipinski definition) is 3. The second kappa shape index (κ2) is 5.18. The standard InChI is InChI=1S/C10H19F2NO2/c1-2-3-4-13-5-8(7-14)10(11,12)9(15)6-13/h8-9,14-15H,2-7H2,1H3/t8-,9+/m0/s1. The third-order valence-electron chi connectivity index (χ3n) is 2.95. The van der Waals surface area contributed by atoms with Crippen LogP contribution in [0.1, 0.15) is 19.8 Å². The van der Waals surface area contributed by atoms with Crippen molar-refractivity contribution >= 4 is 0 Å². The number of aliphatic hydroxyl groups is 2. The Morgan fingerprint density at radius 1 is 1.40 bits per heavy atom. The highest BCUT2D eigenvalue weighted by atomic mass is 19.3. The van der Waals surface area contributed by atoms with Crippen molar-refractivity contribution in [3.63, 3.8) is 0 Å². The molecule has 0 spiro atoms. The van der Waals surface area contributed by atoms with Crippen molar-refractivity contribution in [3.8, 4) is 0 Å². The zero-order valence-corrected chi connectivity index (χ0v) is 8.99. The van der Waals surface area contributed by atoms with Crippen molar-refractivity contribution in [1.82, 2.24) is 4.90 Å². The molecule has 0 saturated carbocycles. The van der Waals surface area contributed by atoms with Crippen molar-refractivity contribution in [3.05, 3.63) is 0 Å². The molecule has 3 nitrogen and oxygen atoms in total. The smallest absolute Gasteiger partial charge is 0.280 e. The van der Waals surface area contributed by atoms with Crippen molar-refractivity contribution in [2.24, 2.45) is 5.92 Å². The average molecular weight is 223 g/mol. The third-order valence-corrected chi connectivity index (χ3v) is 2.95. The topological polar surface area (TPSA) is 43.7 Å². The van der Waals surface area contributed by atoms with E-state index in [4.69, 9.17) is 5.11 Å². The number of halogens is 2. The molecule has 0 unspecified atom stereocenters. The highest BCUT2D eigenvalue weighted by Crippen LogP contribution is 2.33. The van der Waals surface area contributed by atoms with E-state index in [2.05, 4.69) is 0 Å². The van der Waals surface area contributed by atoms with Crippen molar-refractivity contribution in [1.29, 1.82) is 0 Å². The Labute approximate surface area is 88.7 Å². The summed E-state index contributed by atoms with van der Waals surface area (Å²) in [5.74, 6) is -4.30. The van der Waals surface area contributed by atoms with E-state index in [1.54, 1.807) is 4.90 Å². The first-order valence-electron chi connectivity index (χ1n) is 5.41. The lowest BCUT2D eigenvalue weighted by atomic mass is 9.92. The predicted molar refractivity (Wildman–Crippen MR) is 52.9 cm³/mol. The quantitative estimate of drug-likeness (QED) is 0.737. The van der Waals surface area contributed by atoms with Crippen LogP contribution in [-0.4, -0.2) is 53.4 Å². The van der Waals surface area contributed by atoms with Crippen molar-refractivity contribution in [2.45, 2.75) is 31.8 Å². The third kappa shape index (κ3) is 2.86. The van der Waals surface area contributed by atoms with E-state index < -0.39 is 24.6 Å². The highest BCUT2D eigenvalue weighted by Gasteiger charge is 2.50. The highest BCUT2D eigenvalue weighted by molar-refractivity contribution is 4.92. The van der Waals surface area contributed by atoms with E-state index in [-0.39, 0.29) is 13.1 Å². The molecule has 1 aliphatic heterocycles. The summed E-state index contributed by atoms with van der Waals surface area (Å²) in [6.07, 6.45) is 0.267. The minimum Gasteiger partial charge on any atom is -0.396 e. The molecule has 0 amide bonds. The molecule has 0 aromatic rings. The summed E-state index contributed by atoms with van der Waals surface area (Å²) in [5.41, 5.74) is 0. The second-order valence-electron chi connectivity index (χ2n) is 4.18. The molecule has 1 aliphatic rings. The number of rotatable bonds is 4. The number of likely N-dealkylation sites (tertiary alicyclic amines) is 1. The van der Waals surface area contributed by atoms with Crippen LogP contribution < -0.4 is 0 Å². The largest absolute Gasteiger partial charge is 0.396 e. The minimum atomic E-state index is -3.16. The number of alkyl halides is 2. The Bertz CT molecular complexity index is 202. The van der Waals surface area contributed by atoms with Gasteiger partial charge in [-0.25, -0.2) is 8.78 Å². The Kier molecular flexibility index (Phi) is 4.43. The number of nitrogens with zero attached hydrogens (tertiary/aromatic N) is 1. The Hall–Kier alpha value is -0.260. The van der Waals surface area contributed by atoms with Gasteiger partial charge in [-0.1, -0.05) is 13.3 Å². The van der Waals surface area contributed by atoms with Gasteiger partial charge >= 0.3 is 0 Å². The van der Waals surface area contributed by atoms with Crippen LogP contribution in [0, 0.1) is 5.92 Å². The fraction of sp³-hybridized carbons (Fsp3) is 1.00. The van der Waals surface area contributed by atoms with Gasteiger partial charge < -0.3 is 10.2 Å². The van der Waals surface area contributed by atoms with E-state index in [1.165, 1.54) is 0 Å². The van der Waals surface area contributed by atoms with Gasteiger partial charge in [0.05, 0.1) is 12.5 Å². The first-order valence-corrected chi connectivity index (χ1v) is 5.41. The van der Waals surface area contributed by atoms with Gasteiger partial charge in [-0.05, 0) is 13.0 Å².